The molecular formula is C16H20N6O2. The van der Waals surface area contributed by atoms with Crippen molar-refractivity contribution < 1.29 is 9.59 Å². The van der Waals surface area contributed by atoms with Crippen LogP contribution in [0.4, 0.5) is 0 Å². The molecule has 1 aliphatic rings. The summed E-state index contributed by atoms with van der Waals surface area (Å²) in [6, 6.07) is 1.62. The van der Waals surface area contributed by atoms with E-state index in [0.29, 0.717) is 12.2 Å². The van der Waals surface area contributed by atoms with Crippen molar-refractivity contribution in [1.29, 1.82) is 0 Å². The number of nitrogens with one attached hydrogen (secondary N) is 2. The van der Waals surface area contributed by atoms with Crippen LogP contribution in [0.2, 0.25) is 0 Å². The highest BCUT2D eigenvalue weighted by Gasteiger charge is 2.25. The maximum Gasteiger partial charge on any atom is 0.269 e. The third kappa shape index (κ3) is 3.58. The van der Waals surface area contributed by atoms with Gasteiger partial charge in [0.15, 0.2) is 0 Å². The first-order valence-corrected chi connectivity index (χ1v) is 7.98. The van der Waals surface area contributed by atoms with E-state index >= 15 is 0 Å². The van der Waals surface area contributed by atoms with Crippen molar-refractivity contribution >= 4 is 11.8 Å². The molecule has 2 amide bonds. The highest BCUT2D eigenvalue weighted by molar-refractivity contribution is 5.91. The number of hydrogen-bond donors (Lipinski definition) is 2. The number of carbonyl (C=O) groups excluding carboxylic acids is 2. The van der Waals surface area contributed by atoms with Gasteiger partial charge in [-0.3, -0.25) is 24.7 Å². The summed E-state index contributed by atoms with van der Waals surface area (Å²) in [5.74, 6) is 0.142. The summed E-state index contributed by atoms with van der Waals surface area (Å²) in [5, 5.41) is 9.23. The predicted molar refractivity (Wildman–Crippen MR) is 86.0 cm³/mol. The van der Waals surface area contributed by atoms with Crippen LogP contribution in [0.25, 0.3) is 0 Å². The molecule has 8 heteroatoms. The van der Waals surface area contributed by atoms with E-state index in [-0.39, 0.29) is 17.7 Å². The van der Waals surface area contributed by atoms with E-state index in [4.69, 9.17) is 0 Å². The predicted octanol–water partition coefficient (Wildman–Crippen LogP) is 0.856. The van der Waals surface area contributed by atoms with Crippen LogP contribution in [-0.4, -0.2) is 50.0 Å². The Labute approximate surface area is 139 Å². The topological polar surface area (TPSA) is 104 Å². The molecule has 126 valence electrons. The molecule has 0 aliphatic carbocycles. The number of aromatic amines is 1. The van der Waals surface area contributed by atoms with Crippen molar-refractivity contribution in [1.82, 2.24) is 30.4 Å². The minimum atomic E-state index is -0.226. The summed E-state index contributed by atoms with van der Waals surface area (Å²) in [4.78, 5) is 34.2. The summed E-state index contributed by atoms with van der Waals surface area (Å²) in [6.07, 6.45) is 6.56. The molecule has 0 saturated carbocycles. The molecule has 1 fully saturated rings. The fraction of sp³-hybridized carbons (Fsp3) is 0.438. The van der Waals surface area contributed by atoms with E-state index in [0.717, 1.165) is 37.3 Å². The number of piperidine rings is 1. The zero-order valence-electron chi connectivity index (χ0n) is 13.5. The minimum absolute atomic E-state index is 0.111. The lowest BCUT2D eigenvalue weighted by atomic mass is 9.92. The van der Waals surface area contributed by atoms with Gasteiger partial charge in [0.25, 0.3) is 5.91 Å². The lowest BCUT2D eigenvalue weighted by molar-refractivity contribution is -0.129. The second kappa shape index (κ2) is 7.20. The molecule has 0 aromatic carbocycles. The van der Waals surface area contributed by atoms with Gasteiger partial charge in [-0.1, -0.05) is 0 Å². The summed E-state index contributed by atoms with van der Waals surface area (Å²) in [5.41, 5.74) is 2.09. The quantitative estimate of drug-likeness (QED) is 0.866. The van der Waals surface area contributed by atoms with Gasteiger partial charge in [-0.05, 0) is 18.9 Å². The molecule has 2 aromatic heterocycles. The number of H-pyrrole nitrogens is 1. The summed E-state index contributed by atoms with van der Waals surface area (Å²) in [7, 11) is 0. The van der Waals surface area contributed by atoms with Crippen LogP contribution in [0.5, 0.6) is 0 Å². The number of aromatic nitrogens is 4. The zero-order valence-corrected chi connectivity index (χ0v) is 13.5. The highest BCUT2D eigenvalue weighted by Crippen LogP contribution is 2.28. The first-order chi connectivity index (χ1) is 11.6. The van der Waals surface area contributed by atoms with E-state index in [1.54, 1.807) is 25.4 Å². The van der Waals surface area contributed by atoms with Crippen molar-refractivity contribution in [2.45, 2.75) is 32.2 Å². The monoisotopic (exact) mass is 328 g/mol. The van der Waals surface area contributed by atoms with Crippen LogP contribution in [-0.2, 0) is 11.3 Å². The van der Waals surface area contributed by atoms with Crippen molar-refractivity contribution in [3.8, 4) is 0 Å². The fourth-order valence-corrected chi connectivity index (χ4v) is 2.96. The minimum Gasteiger partial charge on any atom is -0.345 e. The van der Waals surface area contributed by atoms with Crippen molar-refractivity contribution in [3.63, 3.8) is 0 Å². The first-order valence-electron chi connectivity index (χ1n) is 7.98. The van der Waals surface area contributed by atoms with E-state index < -0.39 is 0 Å². The van der Waals surface area contributed by atoms with Crippen LogP contribution in [0, 0.1) is 0 Å². The maximum absolute atomic E-state index is 12.0. The summed E-state index contributed by atoms with van der Waals surface area (Å²) < 4.78 is 0. The van der Waals surface area contributed by atoms with Crippen molar-refractivity contribution in [3.05, 3.63) is 41.7 Å². The van der Waals surface area contributed by atoms with Crippen LogP contribution < -0.4 is 5.32 Å². The lowest BCUT2D eigenvalue weighted by Crippen LogP contribution is -2.37. The summed E-state index contributed by atoms with van der Waals surface area (Å²) >= 11 is 0. The average Bonchev–Trinajstić information content (AvgIpc) is 3.15. The molecule has 1 saturated heterocycles. The second-order valence-corrected chi connectivity index (χ2v) is 5.82. The second-order valence-electron chi connectivity index (χ2n) is 5.82. The van der Waals surface area contributed by atoms with Crippen molar-refractivity contribution in [2.24, 2.45) is 0 Å². The molecule has 2 N–H and O–H groups in total. The molecule has 3 heterocycles. The number of nitrogens with zero attached hydrogens (tertiary/aromatic N) is 4. The molecule has 24 heavy (non-hydrogen) atoms. The molecular weight excluding hydrogens is 308 g/mol. The van der Waals surface area contributed by atoms with Gasteiger partial charge in [0, 0.05) is 44.5 Å². The molecule has 0 radical (unpaired) electrons. The fourth-order valence-electron chi connectivity index (χ4n) is 2.96. The molecule has 0 atom stereocenters. The standard InChI is InChI=1S/C16H20N6O2/c1-11(23)22-8-3-12(4-9-22)15-14(17-6-7-18-15)10-19-16(24)13-2-5-20-21-13/h2,5-7,12H,3-4,8-10H2,1H3,(H,19,24)(H,20,21). The molecule has 3 rings (SSSR count). The van der Waals surface area contributed by atoms with Gasteiger partial charge in [-0.15, -0.1) is 0 Å². The molecule has 0 bridgehead atoms. The third-order valence-corrected chi connectivity index (χ3v) is 4.30. The number of carbonyl (C=O) groups is 2. The maximum atomic E-state index is 12.0. The van der Waals surface area contributed by atoms with E-state index in [1.807, 2.05) is 4.90 Å². The van der Waals surface area contributed by atoms with E-state index in [2.05, 4.69) is 25.5 Å². The van der Waals surface area contributed by atoms with Crippen LogP contribution in [0.3, 0.4) is 0 Å². The van der Waals surface area contributed by atoms with E-state index in [1.165, 1.54) is 6.20 Å². The largest absolute Gasteiger partial charge is 0.345 e. The van der Waals surface area contributed by atoms with Gasteiger partial charge in [0.2, 0.25) is 5.91 Å². The van der Waals surface area contributed by atoms with Crippen LogP contribution in [0.15, 0.2) is 24.7 Å². The van der Waals surface area contributed by atoms with E-state index in [9.17, 15) is 9.59 Å². The van der Waals surface area contributed by atoms with Gasteiger partial charge in [0.05, 0.1) is 17.9 Å². The Morgan fingerprint density at radius 2 is 2.00 bits per heavy atom. The summed E-state index contributed by atoms with van der Waals surface area (Å²) in [6.45, 7) is 3.38. The van der Waals surface area contributed by atoms with Crippen LogP contribution >= 0.6 is 0 Å². The van der Waals surface area contributed by atoms with Gasteiger partial charge >= 0.3 is 0 Å². The van der Waals surface area contributed by atoms with Crippen molar-refractivity contribution in [2.75, 3.05) is 13.1 Å². The third-order valence-electron chi connectivity index (χ3n) is 4.30. The SMILES string of the molecule is CC(=O)N1CCC(c2nccnc2CNC(=O)c2ccn[nH]2)CC1. The molecule has 8 nitrogen and oxygen atoms in total. The molecule has 0 unspecified atom stereocenters. The normalized spacial score (nSPS) is 15.3. The molecule has 2 aromatic rings. The van der Waals surface area contributed by atoms with Gasteiger partial charge < -0.3 is 10.2 Å². The Morgan fingerprint density at radius 1 is 1.25 bits per heavy atom. The Balaban J connectivity index is 1.65. The van der Waals surface area contributed by atoms with Crippen LogP contribution in [0.1, 0.15) is 47.6 Å². The van der Waals surface area contributed by atoms with Gasteiger partial charge in [0.1, 0.15) is 5.69 Å². The van der Waals surface area contributed by atoms with Gasteiger partial charge in [-0.25, -0.2) is 0 Å². The Hall–Kier alpha value is -2.77. The Kier molecular flexibility index (Phi) is 4.83. The number of hydrogen-bond acceptors (Lipinski definition) is 5. The lowest BCUT2D eigenvalue weighted by Gasteiger charge is -2.31. The highest BCUT2D eigenvalue weighted by atomic mass is 16.2. The molecule has 0 spiro atoms. The Morgan fingerprint density at radius 3 is 2.67 bits per heavy atom. The number of likely N-dealkylation sites (tertiary alicyclic amines) is 1. The zero-order chi connectivity index (χ0) is 16.9. The Bertz CT molecular complexity index is 707. The smallest absolute Gasteiger partial charge is 0.269 e. The van der Waals surface area contributed by atoms with Gasteiger partial charge in [-0.2, -0.15) is 5.10 Å². The first kappa shape index (κ1) is 16.1. The number of rotatable bonds is 4. The molecule has 1 aliphatic heterocycles. The number of amides is 2. The average molecular weight is 328 g/mol.